The fourth-order valence-electron chi connectivity index (χ4n) is 1.52. The SMILES string of the molecule is Cc1cccnc1NC(=O)COc1cc(Cl)ccc1Cl. The molecule has 6 heteroatoms. The van der Waals surface area contributed by atoms with Gasteiger partial charge in [-0.2, -0.15) is 0 Å². The zero-order chi connectivity index (χ0) is 14.5. The molecule has 0 bridgehead atoms. The van der Waals surface area contributed by atoms with E-state index in [1.807, 2.05) is 13.0 Å². The summed E-state index contributed by atoms with van der Waals surface area (Å²) in [6.45, 7) is 1.69. The van der Waals surface area contributed by atoms with E-state index in [9.17, 15) is 4.79 Å². The molecule has 20 heavy (non-hydrogen) atoms. The molecular weight excluding hydrogens is 299 g/mol. The molecule has 1 aromatic heterocycles. The Labute approximate surface area is 126 Å². The van der Waals surface area contributed by atoms with Crippen molar-refractivity contribution < 1.29 is 9.53 Å². The summed E-state index contributed by atoms with van der Waals surface area (Å²) in [5, 5.41) is 3.55. The van der Waals surface area contributed by atoms with Gasteiger partial charge in [-0.25, -0.2) is 4.98 Å². The van der Waals surface area contributed by atoms with Gasteiger partial charge in [0.25, 0.3) is 5.91 Å². The predicted molar refractivity (Wildman–Crippen MR) is 79.6 cm³/mol. The van der Waals surface area contributed by atoms with Crippen LogP contribution in [0.3, 0.4) is 0 Å². The Balaban J connectivity index is 1.96. The van der Waals surface area contributed by atoms with Crippen LogP contribution in [0.5, 0.6) is 5.75 Å². The van der Waals surface area contributed by atoms with Crippen LogP contribution < -0.4 is 10.1 Å². The number of ether oxygens (including phenoxy) is 1. The maximum atomic E-state index is 11.8. The first-order valence-corrected chi connectivity index (χ1v) is 6.61. The molecular formula is C14H12Cl2N2O2. The number of aryl methyl sites for hydroxylation is 1. The Morgan fingerprint density at radius 3 is 2.90 bits per heavy atom. The molecule has 104 valence electrons. The lowest BCUT2D eigenvalue weighted by molar-refractivity contribution is -0.118. The fourth-order valence-corrected chi connectivity index (χ4v) is 1.85. The van der Waals surface area contributed by atoms with Gasteiger partial charge in [0.15, 0.2) is 6.61 Å². The number of rotatable bonds is 4. The third kappa shape index (κ3) is 3.85. The van der Waals surface area contributed by atoms with Crippen LogP contribution in [0.15, 0.2) is 36.5 Å². The molecule has 0 fully saturated rings. The minimum Gasteiger partial charge on any atom is -0.482 e. The van der Waals surface area contributed by atoms with Gasteiger partial charge in [0.1, 0.15) is 11.6 Å². The molecule has 2 aromatic rings. The van der Waals surface area contributed by atoms with Gasteiger partial charge in [0, 0.05) is 17.3 Å². The molecule has 0 saturated heterocycles. The lowest BCUT2D eigenvalue weighted by atomic mass is 10.3. The van der Waals surface area contributed by atoms with E-state index in [1.165, 1.54) is 0 Å². The van der Waals surface area contributed by atoms with Crippen molar-refractivity contribution in [3.8, 4) is 5.75 Å². The maximum absolute atomic E-state index is 11.8. The number of pyridine rings is 1. The van der Waals surface area contributed by atoms with E-state index in [0.29, 0.717) is 21.6 Å². The van der Waals surface area contributed by atoms with Gasteiger partial charge in [-0.15, -0.1) is 0 Å². The highest BCUT2D eigenvalue weighted by Gasteiger charge is 2.08. The van der Waals surface area contributed by atoms with Gasteiger partial charge in [-0.3, -0.25) is 4.79 Å². The van der Waals surface area contributed by atoms with E-state index in [-0.39, 0.29) is 12.5 Å². The summed E-state index contributed by atoms with van der Waals surface area (Å²) in [5.41, 5.74) is 0.877. The second kappa shape index (κ2) is 6.59. The molecule has 0 aliphatic heterocycles. The first kappa shape index (κ1) is 14.6. The molecule has 0 radical (unpaired) electrons. The largest absolute Gasteiger partial charge is 0.482 e. The van der Waals surface area contributed by atoms with Crippen molar-refractivity contribution in [3.63, 3.8) is 0 Å². The molecule has 0 atom stereocenters. The summed E-state index contributed by atoms with van der Waals surface area (Å²) >= 11 is 11.8. The minimum absolute atomic E-state index is 0.171. The summed E-state index contributed by atoms with van der Waals surface area (Å²) in [5.74, 6) is 0.563. The van der Waals surface area contributed by atoms with Gasteiger partial charge >= 0.3 is 0 Å². The van der Waals surface area contributed by atoms with Crippen molar-refractivity contribution in [2.75, 3.05) is 11.9 Å². The van der Waals surface area contributed by atoms with Crippen LogP contribution in [0, 0.1) is 6.92 Å². The van der Waals surface area contributed by atoms with Gasteiger partial charge in [0.2, 0.25) is 0 Å². The smallest absolute Gasteiger partial charge is 0.263 e. The van der Waals surface area contributed by atoms with Crippen molar-refractivity contribution in [2.24, 2.45) is 0 Å². The number of aromatic nitrogens is 1. The Morgan fingerprint density at radius 1 is 1.35 bits per heavy atom. The first-order chi connectivity index (χ1) is 9.56. The highest BCUT2D eigenvalue weighted by Crippen LogP contribution is 2.27. The first-order valence-electron chi connectivity index (χ1n) is 5.85. The highest BCUT2D eigenvalue weighted by atomic mass is 35.5. The molecule has 4 nitrogen and oxygen atoms in total. The van der Waals surface area contributed by atoms with Crippen LogP contribution in [-0.2, 0) is 4.79 Å². The van der Waals surface area contributed by atoms with Crippen LogP contribution in [0.25, 0.3) is 0 Å². The standard InChI is InChI=1S/C14H12Cl2N2O2/c1-9-3-2-6-17-14(9)18-13(19)8-20-12-7-10(15)4-5-11(12)16/h2-7H,8H2,1H3,(H,17,18,19). The van der Waals surface area contributed by atoms with Crippen LogP contribution in [-0.4, -0.2) is 17.5 Å². The average Bonchev–Trinajstić information content (AvgIpc) is 2.42. The third-order valence-corrected chi connectivity index (χ3v) is 3.07. The van der Waals surface area contributed by atoms with Crippen molar-refractivity contribution in [3.05, 3.63) is 52.1 Å². The van der Waals surface area contributed by atoms with Crippen LogP contribution >= 0.6 is 23.2 Å². The summed E-state index contributed by atoms with van der Waals surface area (Å²) in [7, 11) is 0. The minimum atomic E-state index is -0.317. The lowest BCUT2D eigenvalue weighted by Crippen LogP contribution is -2.21. The topological polar surface area (TPSA) is 51.2 Å². The van der Waals surface area contributed by atoms with Crippen LogP contribution in [0.2, 0.25) is 10.0 Å². The van der Waals surface area contributed by atoms with Crippen molar-refractivity contribution in [1.82, 2.24) is 4.98 Å². The Morgan fingerprint density at radius 2 is 2.15 bits per heavy atom. The molecule has 0 spiro atoms. The molecule has 0 aliphatic carbocycles. The van der Waals surface area contributed by atoms with Gasteiger partial charge in [-0.05, 0) is 30.7 Å². The summed E-state index contributed by atoms with van der Waals surface area (Å²) in [6.07, 6.45) is 1.61. The summed E-state index contributed by atoms with van der Waals surface area (Å²) in [4.78, 5) is 15.9. The second-order valence-electron chi connectivity index (χ2n) is 4.08. The number of hydrogen-bond donors (Lipinski definition) is 1. The van der Waals surface area contributed by atoms with Crippen molar-refractivity contribution in [1.29, 1.82) is 0 Å². The molecule has 1 amide bonds. The molecule has 0 aliphatic rings. The molecule has 1 heterocycles. The van der Waals surface area contributed by atoms with E-state index in [0.717, 1.165) is 5.56 Å². The molecule has 2 rings (SSSR count). The number of hydrogen-bond acceptors (Lipinski definition) is 3. The van der Waals surface area contributed by atoms with Crippen LogP contribution in [0.1, 0.15) is 5.56 Å². The number of nitrogens with zero attached hydrogens (tertiary/aromatic N) is 1. The molecule has 1 N–H and O–H groups in total. The predicted octanol–water partition coefficient (Wildman–Crippen LogP) is 3.71. The van der Waals surface area contributed by atoms with E-state index in [2.05, 4.69) is 10.3 Å². The molecule has 1 aromatic carbocycles. The Hall–Kier alpha value is -1.78. The van der Waals surface area contributed by atoms with E-state index in [1.54, 1.807) is 30.5 Å². The van der Waals surface area contributed by atoms with Crippen molar-refractivity contribution >= 4 is 34.9 Å². The number of anilines is 1. The lowest BCUT2D eigenvalue weighted by Gasteiger charge is -2.09. The average molecular weight is 311 g/mol. The fraction of sp³-hybridized carbons (Fsp3) is 0.143. The summed E-state index contributed by atoms with van der Waals surface area (Å²) in [6, 6.07) is 8.47. The maximum Gasteiger partial charge on any atom is 0.263 e. The normalized spacial score (nSPS) is 10.2. The van der Waals surface area contributed by atoms with Crippen LogP contribution in [0.4, 0.5) is 5.82 Å². The number of halogens is 2. The number of carbonyl (C=O) groups is 1. The van der Waals surface area contributed by atoms with Gasteiger partial charge in [-0.1, -0.05) is 29.3 Å². The highest BCUT2D eigenvalue weighted by molar-refractivity contribution is 6.34. The quantitative estimate of drug-likeness (QED) is 0.936. The zero-order valence-corrected chi connectivity index (χ0v) is 12.2. The zero-order valence-electron chi connectivity index (χ0n) is 10.7. The van der Waals surface area contributed by atoms with Crippen molar-refractivity contribution in [2.45, 2.75) is 6.92 Å². The van der Waals surface area contributed by atoms with E-state index in [4.69, 9.17) is 27.9 Å². The van der Waals surface area contributed by atoms with Gasteiger partial charge < -0.3 is 10.1 Å². The van der Waals surface area contributed by atoms with Gasteiger partial charge in [0.05, 0.1) is 5.02 Å². The molecule has 0 unspecified atom stereocenters. The van der Waals surface area contributed by atoms with E-state index < -0.39 is 0 Å². The Bertz CT molecular complexity index is 632. The number of carbonyl (C=O) groups excluding carboxylic acids is 1. The second-order valence-corrected chi connectivity index (χ2v) is 4.92. The number of amides is 1. The summed E-state index contributed by atoms with van der Waals surface area (Å²) < 4.78 is 5.34. The van der Waals surface area contributed by atoms with E-state index >= 15 is 0 Å². The Kier molecular flexibility index (Phi) is 4.82. The monoisotopic (exact) mass is 310 g/mol. The number of benzene rings is 1. The molecule has 0 saturated carbocycles. The number of nitrogens with one attached hydrogen (secondary N) is 1. The third-order valence-electron chi connectivity index (χ3n) is 2.52.